The summed E-state index contributed by atoms with van der Waals surface area (Å²) in [5.41, 5.74) is 1.18. The van der Waals surface area contributed by atoms with Crippen LogP contribution >= 0.6 is 11.6 Å². The van der Waals surface area contributed by atoms with E-state index in [9.17, 15) is 14.4 Å². The van der Waals surface area contributed by atoms with Gasteiger partial charge in [0.05, 0.1) is 41.7 Å². The van der Waals surface area contributed by atoms with E-state index < -0.39 is 35.2 Å². The van der Waals surface area contributed by atoms with Crippen molar-refractivity contribution in [1.29, 1.82) is 0 Å². The van der Waals surface area contributed by atoms with Gasteiger partial charge in [0.25, 0.3) is 0 Å². The van der Waals surface area contributed by atoms with Gasteiger partial charge in [-0.15, -0.1) is 0 Å². The Balaban J connectivity index is 1.61. The number of imide groups is 1. The Morgan fingerprint density at radius 1 is 1.24 bits per heavy atom. The number of piperidine rings is 1. The van der Waals surface area contributed by atoms with E-state index in [1.54, 1.807) is 18.3 Å². The average molecular weight is 482 g/mol. The fourth-order valence-corrected chi connectivity index (χ4v) is 5.97. The Hall–Kier alpha value is -3.37. The number of nitrogens with zero attached hydrogens (tertiary/aromatic N) is 4. The standard InChI is InChI=1S/C23H20ClN5O5/c1-10-9-29-19-13(8-23(21(29)11(2)33-10)14(30)7-15(31)27-22(23)32)26-18-17(12-5-3-4-6-25-12)28-34-20(18)16(19)24/h3-6,10-11,21H,7-9H2,1-2H3,(H,27,31,32)/t10-,11+,21-,23?/m1/s1. The zero-order valence-corrected chi connectivity index (χ0v) is 19.1. The first-order valence-corrected chi connectivity index (χ1v) is 11.4. The van der Waals surface area contributed by atoms with Crippen LogP contribution in [-0.2, 0) is 25.5 Å². The molecule has 6 heterocycles. The molecule has 1 unspecified atom stereocenters. The molecule has 0 saturated carbocycles. The first-order chi connectivity index (χ1) is 16.3. The molecule has 0 radical (unpaired) electrons. The SMILES string of the molecule is C[C@@H]1CN2c3c(nc4c(-c5ccccn5)noc4c3Cl)CC3(C(=O)CC(=O)NC3=O)[C@H]2[C@H](C)O1. The highest BCUT2D eigenvalue weighted by Gasteiger charge is 2.63. The van der Waals surface area contributed by atoms with Crippen LogP contribution in [0.25, 0.3) is 22.5 Å². The number of fused-ring (bicyclic) bond motifs is 5. The van der Waals surface area contributed by atoms with Gasteiger partial charge < -0.3 is 14.2 Å². The third kappa shape index (κ3) is 2.78. The number of rotatable bonds is 1. The molecule has 34 heavy (non-hydrogen) atoms. The largest absolute Gasteiger partial charge is 0.372 e. The zero-order chi connectivity index (χ0) is 23.8. The van der Waals surface area contributed by atoms with E-state index in [2.05, 4.69) is 15.5 Å². The second kappa shape index (κ2) is 7.31. The summed E-state index contributed by atoms with van der Waals surface area (Å²) in [6, 6.07) is 4.72. The number of pyridine rings is 2. The molecule has 6 rings (SSSR count). The van der Waals surface area contributed by atoms with Crippen LogP contribution in [0.1, 0.15) is 26.0 Å². The summed E-state index contributed by atoms with van der Waals surface area (Å²) in [5, 5.41) is 6.83. The maximum absolute atomic E-state index is 13.4. The van der Waals surface area contributed by atoms with E-state index in [4.69, 9.17) is 25.8 Å². The maximum atomic E-state index is 13.4. The molecule has 3 aromatic heterocycles. The number of ketones is 1. The van der Waals surface area contributed by atoms with E-state index in [0.29, 0.717) is 45.4 Å². The quantitative estimate of drug-likeness (QED) is 0.410. The molecular weight excluding hydrogens is 462 g/mol. The number of halogens is 1. The van der Waals surface area contributed by atoms with Crippen LogP contribution in [0.3, 0.4) is 0 Å². The van der Waals surface area contributed by atoms with E-state index in [-0.39, 0.29) is 18.9 Å². The fourth-order valence-electron chi connectivity index (χ4n) is 5.63. The molecule has 2 saturated heterocycles. The van der Waals surface area contributed by atoms with Crippen molar-refractivity contribution in [1.82, 2.24) is 20.4 Å². The normalized spacial score (nSPS) is 28.7. The first-order valence-electron chi connectivity index (χ1n) is 11.0. The second-order valence-electron chi connectivity index (χ2n) is 9.02. The molecule has 2 fully saturated rings. The van der Waals surface area contributed by atoms with Gasteiger partial charge in [-0.25, -0.2) is 4.98 Å². The monoisotopic (exact) mass is 481 g/mol. The first kappa shape index (κ1) is 21.2. The number of carbonyl (C=O) groups is 3. The third-order valence-electron chi connectivity index (χ3n) is 6.90. The van der Waals surface area contributed by atoms with Gasteiger partial charge in [0.15, 0.2) is 11.5 Å². The lowest BCUT2D eigenvalue weighted by atomic mass is 9.64. The highest BCUT2D eigenvalue weighted by Crippen LogP contribution is 2.51. The molecule has 11 heteroatoms. The van der Waals surface area contributed by atoms with Crippen LogP contribution < -0.4 is 10.2 Å². The van der Waals surface area contributed by atoms with E-state index in [1.807, 2.05) is 24.8 Å². The predicted molar refractivity (Wildman–Crippen MR) is 120 cm³/mol. The lowest BCUT2D eigenvalue weighted by Crippen LogP contribution is -2.72. The van der Waals surface area contributed by atoms with Gasteiger partial charge >= 0.3 is 0 Å². The van der Waals surface area contributed by atoms with Crippen molar-refractivity contribution < 1.29 is 23.6 Å². The molecule has 1 N–H and O–H groups in total. The number of amides is 2. The van der Waals surface area contributed by atoms with Crippen molar-refractivity contribution >= 4 is 46.0 Å². The van der Waals surface area contributed by atoms with Gasteiger partial charge in [0.1, 0.15) is 16.0 Å². The van der Waals surface area contributed by atoms with Crippen LogP contribution in [0.2, 0.25) is 5.02 Å². The summed E-state index contributed by atoms with van der Waals surface area (Å²) in [6.07, 6.45) is 0.560. The smallest absolute Gasteiger partial charge is 0.242 e. The minimum atomic E-state index is -1.53. The molecule has 3 aliphatic rings. The molecule has 0 bridgehead atoms. The van der Waals surface area contributed by atoms with Crippen molar-refractivity contribution in [3.8, 4) is 11.4 Å². The minimum Gasteiger partial charge on any atom is -0.372 e. The van der Waals surface area contributed by atoms with Gasteiger partial charge in [-0.1, -0.05) is 22.8 Å². The van der Waals surface area contributed by atoms with Crippen LogP contribution in [0.4, 0.5) is 5.69 Å². The Morgan fingerprint density at radius 3 is 2.79 bits per heavy atom. The van der Waals surface area contributed by atoms with E-state index >= 15 is 0 Å². The summed E-state index contributed by atoms with van der Waals surface area (Å²) in [5.74, 6) is -1.68. The molecule has 4 atom stereocenters. The summed E-state index contributed by atoms with van der Waals surface area (Å²) in [4.78, 5) is 49.8. The molecular formula is C23H20ClN5O5. The molecule has 3 aliphatic heterocycles. The molecule has 10 nitrogen and oxygen atoms in total. The highest BCUT2D eigenvalue weighted by atomic mass is 35.5. The highest BCUT2D eigenvalue weighted by molar-refractivity contribution is 6.38. The predicted octanol–water partition coefficient (Wildman–Crippen LogP) is 2.08. The Labute approximate surface area is 198 Å². The summed E-state index contributed by atoms with van der Waals surface area (Å²) >= 11 is 6.88. The number of aromatic nitrogens is 3. The molecule has 0 aliphatic carbocycles. The fraction of sp³-hybridized carbons (Fsp3) is 0.391. The van der Waals surface area contributed by atoms with Crippen LogP contribution in [0.15, 0.2) is 28.9 Å². The minimum absolute atomic E-state index is 0.0218. The van der Waals surface area contributed by atoms with Crippen molar-refractivity contribution in [3.05, 3.63) is 35.1 Å². The number of hydrogen-bond donors (Lipinski definition) is 1. The van der Waals surface area contributed by atoms with Gasteiger partial charge in [0.2, 0.25) is 17.4 Å². The molecule has 0 aromatic carbocycles. The summed E-state index contributed by atoms with van der Waals surface area (Å²) in [7, 11) is 0. The number of anilines is 1. The molecule has 3 aromatic rings. The second-order valence-corrected chi connectivity index (χ2v) is 9.40. The van der Waals surface area contributed by atoms with Gasteiger partial charge in [0, 0.05) is 19.2 Å². The maximum Gasteiger partial charge on any atom is 0.242 e. The summed E-state index contributed by atoms with van der Waals surface area (Å²) in [6.45, 7) is 4.12. The average Bonchev–Trinajstić information content (AvgIpc) is 3.21. The Bertz CT molecular complexity index is 1350. The van der Waals surface area contributed by atoms with E-state index in [0.717, 1.165) is 0 Å². The third-order valence-corrected chi connectivity index (χ3v) is 7.25. The Morgan fingerprint density at radius 2 is 2.06 bits per heavy atom. The molecule has 2 amide bonds. The lowest BCUT2D eigenvalue weighted by molar-refractivity contribution is -0.158. The number of ether oxygens (including phenoxy) is 1. The number of carbonyl (C=O) groups excluding carboxylic acids is 3. The number of Topliss-reactive ketones (excluding diaryl/α,β-unsaturated/α-hetero) is 1. The van der Waals surface area contributed by atoms with Crippen LogP contribution in [-0.4, -0.2) is 57.5 Å². The lowest BCUT2D eigenvalue weighted by Gasteiger charge is -2.55. The van der Waals surface area contributed by atoms with Crippen LogP contribution in [0, 0.1) is 5.41 Å². The number of nitrogens with one attached hydrogen (secondary N) is 1. The van der Waals surface area contributed by atoms with Crippen molar-refractivity contribution in [2.75, 3.05) is 11.4 Å². The van der Waals surface area contributed by atoms with Gasteiger partial charge in [-0.3, -0.25) is 24.7 Å². The molecule has 1 spiro atoms. The molecule has 174 valence electrons. The van der Waals surface area contributed by atoms with Crippen molar-refractivity contribution in [3.63, 3.8) is 0 Å². The topological polar surface area (TPSA) is 128 Å². The van der Waals surface area contributed by atoms with E-state index in [1.165, 1.54) is 0 Å². The zero-order valence-electron chi connectivity index (χ0n) is 18.4. The van der Waals surface area contributed by atoms with Crippen molar-refractivity contribution in [2.45, 2.75) is 44.9 Å². The number of morpholine rings is 1. The Kier molecular flexibility index (Phi) is 4.56. The van der Waals surface area contributed by atoms with Crippen LogP contribution in [0.5, 0.6) is 0 Å². The summed E-state index contributed by atoms with van der Waals surface area (Å²) < 4.78 is 11.6. The van der Waals surface area contributed by atoms with Gasteiger partial charge in [-0.05, 0) is 26.0 Å². The number of hydrogen-bond acceptors (Lipinski definition) is 9. The van der Waals surface area contributed by atoms with Crippen molar-refractivity contribution in [2.24, 2.45) is 5.41 Å². The van der Waals surface area contributed by atoms with Gasteiger partial charge in [-0.2, -0.15) is 0 Å².